The van der Waals surface area contributed by atoms with E-state index in [1.165, 1.54) is 28.4 Å². The summed E-state index contributed by atoms with van der Waals surface area (Å²) in [7, 11) is -2.35. The third kappa shape index (κ3) is 7.69. The average Bonchev–Trinajstić information content (AvgIpc) is 3.63. The van der Waals surface area contributed by atoms with Crippen LogP contribution in [-0.2, 0) is 26.0 Å². The van der Waals surface area contributed by atoms with Gasteiger partial charge in [0, 0.05) is 26.1 Å². The fourth-order valence-electron chi connectivity index (χ4n) is 5.03. The molecule has 1 amide bonds. The normalized spacial score (nSPS) is 19.0. The number of carbonyl (C=O) groups excluding carboxylic acids is 1. The molecule has 2 aliphatic rings. The number of hydrogen-bond acceptors (Lipinski definition) is 7. The molecular weight excluding hydrogens is 508 g/mol. The van der Waals surface area contributed by atoms with Crippen molar-refractivity contribution in [2.24, 2.45) is 5.92 Å². The molecule has 2 aromatic carbocycles. The molecule has 0 spiro atoms. The lowest BCUT2D eigenvalue weighted by Gasteiger charge is -2.30. The summed E-state index contributed by atoms with van der Waals surface area (Å²) in [5, 5.41) is 11.1. The van der Waals surface area contributed by atoms with Crippen molar-refractivity contribution in [3.63, 3.8) is 0 Å². The Hall–Kier alpha value is -2.66. The smallest absolute Gasteiger partial charge is 0.410 e. The lowest BCUT2D eigenvalue weighted by Crippen LogP contribution is -2.46. The zero-order chi connectivity index (χ0) is 27.0. The van der Waals surface area contributed by atoms with Crippen LogP contribution >= 0.6 is 0 Å². The van der Waals surface area contributed by atoms with Crippen LogP contribution in [0.5, 0.6) is 5.75 Å². The summed E-state index contributed by atoms with van der Waals surface area (Å²) in [6.07, 6.45) is 2.71. The van der Waals surface area contributed by atoms with Crippen LogP contribution < -0.4 is 4.74 Å². The van der Waals surface area contributed by atoms with Gasteiger partial charge in [0.05, 0.1) is 37.9 Å². The van der Waals surface area contributed by atoms with Crippen LogP contribution in [-0.4, -0.2) is 81.0 Å². The molecule has 2 atom stereocenters. The standard InChI is InChI=1S/C28H38N2O7S/c1-35-25-11-13-27(14-12-25)38(33,34)30(18-23-9-5-6-10-23)20-24(31)19-29(17-22-7-3-2-4-8-22)28(32)37-26-15-16-36-21-26/h2-4,7-8,11-14,23-24,26,31H,5-6,9-10,15-21H2,1H3/t24-,26-/m0/s1. The minimum atomic E-state index is -3.88. The van der Waals surface area contributed by atoms with Crippen molar-refractivity contribution >= 4 is 16.1 Å². The fraction of sp³-hybridized carbons (Fsp3) is 0.536. The molecule has 1 aliphatic heterocycles. The van der Waals surface area contributed by atoms with E-state index in [4.69, 9.17) is 14.2 Å². The number of methoxy groups -OCH3 is 1. The summed E-state index contributed by atoms with van der Waals surface area (Å²) in [5.41, 5.74) is 0.882. The largest absolute Gasteiger partial charge is 0.497 e. The number of sulfonamides is 1. The third-order valence-electron chi connectivity index (χ3n) is 7.11. The van der Waals surface area contributed by atoms with Crippen molar-refractivity contribution in [1.82, 2.24) is 9.21 Å². The summed E-state index contributed by atoms with van der Waals surface area (Å²) in [4.78, 5) is 14.7. The minimum absolute atomic E-state index is 0.0688. The molecule has 10 heteroatoms. The Morgan fingerprint density at radius 1 is 1.05 bits per heavy atom. The zero-order valence-electron chi connectivity index (χ0n) is 21.9. The molecule has 0 unspecified atom stereocenters. The molecule has 1 saturated carbocycles. The summed E-state index contributed by atoms with van der Waals surface area (Å²) in [5.74, 6) is 0.803. The summed E-state index contributed by atoms with van der Waals surface area (Å²) >= 11 is 0. The van der Waals surface area contributed by atoms with Crippen molar-refractivity contribution in [2.75, 3.05) is 40.0 Å². The molecule has 4 rings (SSSR count). The SMILES string of the molecule is COc1ccc(S(=O)(=O)N(CC2CCCC2)C[C@@H](O)CN(Cc2ccccc2)C(=O)O[C@H]2CCOC2)cc1. The molecule has 1 heterocycles. The van der Waals surface area contributed by atoms with Crippen LogP contribution in [0.2, 0.25) is 0 Å². The Labute approximate surface area is 225 Å². The Balaban J connectivity index is 1.50. The molecule has 9 nitrogen and oxygen atoms in total. The third-order valence-corrected chi connectivity index (χ3v) is 8.96. The van der Waals surface area contributed by atoms with Crippen molar-refractivity contribution in [3.05, 3.63) is 60.2 Å². The molecule has 208 valence electrons. The minimum Gasteiger partial charge on any atom is -0.497 e. The first kappa shape index (κ1) is 28.4. The highest BCUT2D eigenvalue weighted by Gasteiger charge is 2.32. The Bertz CT molecular complexity index is 1120. The number of hydrogen-bond donors (Lipinski definition) is 1. The molecule has 2 aromatic rings. The van der Waals surface area contributed by atoms with E-state index in [1.807, 2.05) is 30.3 Å². The van der Waals surface area contributed by atoms with E-state index < -0.39 is 22.2 Å². The first-order valence-electron chi connectivity index (χ1n) is 13.2. The van der Waals surface area contributed by atoms with Gasteiger partial charge >= 0.3 is 6.09 Å². The number of rotatable bonds is 12. The van der Waals surface area contributed by atoms with E-state index in [9.17, 15) is 18.3 Å². The lowest BCUT2D eigenvalue weighted by atomic mass is 10.1. The van der Waals surface area contributed by atoms with Gasteiger partial charge in [0.25, 0.3) is 0 Å². The van der Waals surface area contributed by atoms with Crippen molar-refractivity contribution in [1.29, 1.82) is 0 Å². The highest BCUT2D eigenvalue weighted by Crippen LogP contribution is 2.28. The number of nitrogens with zero attached hydrogens (tertiary/aromatic N) is 2. The predicted molar refractivity (Wildman–Crippen MR) is 142 cm³/mol. The van der Waals surface area contributed by atoms with Crippen LogP contribution in [0.25, 0.3) is 0 Å². The number of aliphatic hydroxyl groups excluding tert-OH is 1. The number of benzene rings is 2. The van der Waals surface area contributed by atoms with Gasteiger partial charge in [-0.15, -0.1) is 0 Å². The number of amides is 1. The van der Waals surface area contributed by atoms with Crippen LogP contribution in [0.1, 0.15) is 37.7 Å². The highest BCUT2D eigenvalue weighted by atomic mass is 32.2. The summed E-state index contributed by atoms with van der Waals surface area (Å²) < 4.78 is 44.8. The highest BCUT2D eigenvalue weighted by molar-refractivity contribution is 7.89. The van der Waals surface area contributed by atoms with Gasteiger partial charge in [-0.3, -0.25) is 0 Å². The van der Waals surface area contributed by atoms with E-state index in [2.05, 4.69) is 0 Å². The topological polar surface area (TPSA) is 106 Å². The Morgan fingerprint density at radius 3 is 2.39 bits per heavy atom. The maximum Gasteiger partial charge on any atom is 0.410 e. The number of ether oxygens (including phenoxy) is 3. The van der Waals surface area contributed by atoms with E-state index in [0.717, 1.165) is 31.2 Å². The van der Waals surface area contributed by atoms with E-state index >= 15 is 0 Å². The van der Waals surface area contributed by atoms with Crippen LogP contribution in [0.15, 0.2) is 59.5 Å². The molecule has 38 heavy (non-hydrogen) atoms. The van der Waals surface area contributed by atoms with Gasteiger partial charge < -0.3 is 24.2 Å². The van der Waals surface area contributed by atoms with E-state index in [1.54, 1.807) is 12.1 Å². The lowest BCUT2D eigenvalue weighted by molar-refractivity contribution is 0.0346. The van der Waals surface area contributed by atoms with Crippen molar-refractivity contribution < 1.29 is 32.5 Å². The van der Waals surface area contributed by atoms with Crippen LogP contribution in [0, 0.1) is 5.92 Å². The first-order valence-corrected chi connectivity index (χ1v) is 14.7. The second kappa shape index (κ2) is 13.4. The summed E-state index contributed by atoms with van der Waals surface area (Å²) in [6.45, 7) is 1.25. The van der Waals surface area contributed by atoms with Gasteiger partial charge in [0.1, 0.15) is 11.9 Å². The molecular formula is C28H38N2O7S. The second-order valence-corrected chi connectivity index (χ2v) is 12.0. The maximum atomic E-state index is 13.7. The van der Waals surface area contributed by atoms with Gasteiger partial charge in [-0.25, -0.2) is 13.2 Å². The zero-order valence-corrected chi connectivity index (χ0v) is 22.7. The van der Waals surface area contributed by atoms with E-state index in [-0.39, 0.29) is 36.6 Å². The Kier molecular flexibility index (Phi) is 10.0. The first-order chi connectivity index (χ1) is 18.3. The van der Waals surface area contributed by atoms with Gasteiger partial charge in [-0.05, 0) is 48.6 Å². The molecule has 1 aliphatic carbocycles. The molecule has 0 aromatic heterocycles. The van der Waals surface area contributed by atoms with Crippen molar-refractivity contribution in [3.8, 4) is 5.75 Å². The van der Waals surface area contributed by atoms with Gasteiger partial charge in [0.15, 0.2) is 0 Å². The fourth-order valence-corrected chi connectivity index (χ4v) is 6.58. The van der Waals surface area contributed by atoms with Gasteiger partial charge in [-0.2, -0.15) is 4.31 Å². The summed E-state index contributed by atoms with van der Waals surface area (Å²) in [6, 6.07) is 15.7. The molecule has 2 fully saturated rings. The van der Waals surface area contributed by atoms with Crippen LogP contribution in [0.3, 0.4) is 0 Å². The van der Waals surface area contributed by atoms with Gasteiger partial charge in [-0.1, -0.05) is 43.2 Å². The predicted octanol–water partition coefficient (Wildman–Crippen LogP) is 3.66. The molecule has 0 radical (unpaired) electrons. The molecule has 1 N–H and O–H groups in total. The van der Waals surface area contributed by atoms with E-state index in [0.29, 0.717) is 31.9 Å². The maximum absolute atomic E-state index is 13.7. The quantitative estimate of drug-likeness (QED) is 0.433. The van der Waals surface area contributed by atoms with Crippen molar-refractivity contribution in [2.45, 2.75) is 55.8 Å². The van der Waals surface area contributed by atoms with Crippen LogP contribution in [0.4, 0.5) is 4.79 Å². The molecule has 0 bridgehead atoms. The van der Waals surface area contributed by atoms with Gasteiger partial charge in [0.2, 0.25) is 10.0 Å². The Morgan fingerprint density at radius 2 is 1.76 bits per heavy atom. The second-order valence-electron chi connectivity index (χ2n) is 10.0. The molecule has 1 saturated heterocycles. The monoisotopic (exact) mass is 546 g/mol. The number of carbonyl (C=O) groups is 1. The average molecular weight is 547 g/mol. The number of aliphatic hydroxyl groups is 1.